The number of thioether (sulfide) groups is 1. The van der Waals surface area contributed by atoms with Crippen LogP contribution >= 0.6 is 27.7 Å². The van der Waals surface area contributed by atoms with Gasteiger partial charge in [-0.25, -0.2) is 4.98 Å². The molecule has 24 heavy (non-hydrogen) atoms. The standard InChI is InChI=1S/C16H13BrN2O4S/c1-19(2)14-10(17)7-9(22-14)8-13(15(20)21)24-16-18-11-5-3-4-6-12(11)23-16/h3-8H,1-2H3,(H,20,21)/p-1/b13-8+. The van der Waals surface area contributed by atoms with Crippen LogP contribution in [-0.4, -0.2) is 25.0 Å². The molecule has 0 fully saturated rings. The third kappa shape index (κ3) is 3.49. The molecule has 0 aliphatic heterocycles. The Balaban J connectivity index is 1.92. The van der Waals surface area contributed by atoms with Gasteiger partial charge in [0.25, 0.3) is 5.22 Å². The molecule has 2 aromatic heterocycles. The topological polar surface area (TPSA) is 82.5 Å². The van der Waals surface area contributed by atoms with Gasteiger partial charge in [-0.1, -0.05) is 12.1 Å². The first-order chi connectivity index (χ1) is 11.4. The Labute approximate surface area is 150 Å². The average molecular weight is 408 g/mol. The van der Waals surface area contributed by atoms with Crippen molar-refractivity contribution in [1.82, 2.24) is 4.98 Å². The monoisotopic (exact) mass is 407 g/mol. The van der Waals surface area contributed by atoms with Crippen LogP contribution in [0.15, 0.2) is 53.8 Å². The van der Waals surface area contributed by atoms with Gasteiger partial charge in [0, 0.05) is 25.1 Å². The number of para-hydroxylation sites is 2. The predicted molar refractivity (Wildman–Crippen MR) is 93.6 cm³/mol. The fraction of sp³-hybridized carbons (Fsp3) is 0.125. The minimum absolute atomic E-state index is 0.0619. The summed E-state index contributed by atoms with van der Waals surface area (Å²) >= 11 is 4.24. The zero-order valence-electron chi connectivity index (χ0n) is 12.8. The van der Waals surface area contributed by atoms with Crippen LogP contribution in [0.2, 0.25) is 0 Å². The van der Waals surface area contributed by atoms with Crippen LogP contribution < -0.4 is 10.0 Å². The highest BCUT2D eigenvalue weighted by atomic mass is 79.9. The summed E-state index contributed by atoms with van der Waals surface area (Å²) in [7, 11) is 3.65. The molecular weight excluding hydrogens is 396 g/mol. The molecule has 124 valence electrons. The number of halogens is 1. The van der Waals surface area contributed by atoms with E-state index >= 15 is 0 Å². The maximum atomic E-state index is 11.4. The van der Waals surface area contributed by atoms with Crippen LogP contribution in [0.25, 0.3) is 17.2 Å². The highest BCUT2D eigenvalue weighted by Gasteiger charge is 2.13. The van der Waals surface area contributed by atoms with Crippen molar-refractivity contribution in [3.63, 3.8) is 0 Å². The van der Waals surface area contributed by atoms with E-state index in [9.17, 15) is 9.90 Å². The summed E-state index contributed by atoms with van der Waals surface area (Å²) in [5.74, 6) is -0.361. The highest BCUT2D eigenvalue weighted by Crippen LogP contribution is 2.33. The average Bonchev–Trinajstić information content (AvgIpc) is 3.09. The van der Waals surface area contributed by atoms with Gasteiger partial charge in [-0.2, -0.15) is 0 Å². The van der Waals surface area contributed by atoms with Crippen molar-refractivity contribution < 1.29 is 18.7 Å². The van der Waals surface area contributed by atoms with E-state index in [1.54, 1.807) is 23.1 Å². The van der Waals surface area contributed by atoms with Gasteiger partial charge >= 0.3 is 0 Å². The quantitative estimate of drug-likeness (QED) is 0.474. The lowest BCUT2D eigenvalue weighted by molar-refractivity contribution is -0.298. The van der Waals surface area contributed by atoms with Crippen LogP contribution in [0, 0.1) is 0 Å². The molecule has 0 saturated carbocycles. The summed E-state index contributed by atoms with van der Waals surface area (Å²) in [6.45, 7) is 0. The van der Waals surface area contributed by atoms with Gasteiger partial charge in [0.15, 0.2) is 5.58 Å². The number of oxazole rings is 1. The molecule has 8 heteroatoms. The summed E-state index contributed by atoms with van der Waals surface area (Å²) in [5.41, 5.74) is 1.25. The number of hydrogen-bond acceptors (Lipinski definition) is 7. The molecule has 0 amide bonds. The highest BCUT2D eigenvalue weighted by molar-refractivity contribution is 9.10. The molecular formula is C16H12BrN2O4S-. The molecule has 0 atom stereocenters. The van der Waals surface area contributed by atoms with E-state index in [4.69, 9.17) is 8.83 Å². The number of anilines is 1. The number of rotatable bonds is 5. The lowest BCUT2D eigenvalue weighted by Gasteiger charge is -2.08. The lowest BCUT2D eigenvalue weighted by atomic mass is 10.3. The molecule has 0 spiro atoms. The zero-order valence-corrected chi connectivity index (χ0v) is 15.2. The fourth-order valence-electron chi connectivity index (χ4n) is 2.00. The molecule has 6 nitrogen and oxygen atoms in total. The van der Waals surface area contributed by atoms with Crippen LogP contribution in [0.3, 0.4) is 0 Å². The van der Waals surface area contributed by atoms with Gasteiger partial charge in [-0.3, -0.25) is 0 Å². The molecule has 0 aliphatic carbocycles. The number of carboxylic acid groups (broad SMARTS) is 1. The van der Waals surface area contributed by atoms with Crippen LogP contribution in [-0.2, 0) is 4.79 Å². The number of carbonyl (C=O) groups excluding carboxylic acids is 1. The number of aliphatic carboxylic acids is 1. The molecule has 2 heterocycles. The van der Waals surface area contributed by atoms with Crippen molar-refractivity contribution in [3.8, 4) is 0 Å². The van der Waals surface area contributed by atoms with Gasteiger partial charge in [0.2, 0.25) is 5.88 Å². The van der Waals surface area contributed by atoms with E-state index in [2.05, 4.69) is 20.9 Å². The Hall–Kier alpha value is -2.19. The minimum Gasteiger partial charge on any atom is -0.544 e. The Kier molecular flexibility index (Phi) is 4.68. The molecule has 0 saturated heterocycles. The van der Waals surface area contributed by atoms with Gasteiger partial charge in [0.05, 0.1) is 10.4 Å². The number of carboxylic acids is 1. The Bertz CT molecular complexity index is 896. The first-order valence-corrected chi connectivity index (χ1v) is 8.48. The van der Waals surface area contributed by atoms with Gasteiger partial charge < -0.3 is 23.6 Å². The van der Waals surface area contributed by atoms with Gasteiger partial charge in [0.1, 0.15) is 11.3 Å². The van der Waals surface area contributed by atoms with Crippen molar-refractivity contribution in [2.24, 2.45) is 0 Å². The van der Waals surface area contributed by atoms with Crippen molar-refractivity contribution >= 4 is 56.7 Å². The largest absolute Gasteiger partial charge is 0.544 e. The number of nitrogens with zero attached hydrogens (tertiary/aromatic N) is 2. The summed E-state index contributed by atoms with van der Waals surface area (Å²) in [4.78, 5) is 17.4. The van der Waals surface area contributed by atoms with Crippen molar-refractivity contribution in [2.75, 3.05) is 19.0 Å². The minimum atomic E-state index is -1.33. The fourth-order valence-corrected chi connectivity index (χ4v) is 3.38. The summed E-state index contributed by atoms with van der Waals surface area (Å²) in [6, 6.07) is 8.89. The summed E-state index contributed by atoms with van der Waals surface area (Å²) in [5, 5.41) is 11.6. The molecule has 0 N–H and O–H groups in total. The zero-order chi connectivity index (χ0) is 17.3. The van der Waals surface area contributed by atoms with E-state index < -0.39 is 5.97 Å². The number of fused-ring (bicyclic) bond motifs is 1. The number of aromatic nitrogens is 1. The normalized spacial score (nSPS) is 11.9. The first-order valence-electron chi connectivity index (χ1n) is 6.87. The van der Waals surface area contributed by atoms with E-state index in [1.807, 2.05) is 26.2 Å². The third-order valence-electron chi connectivity index (χ3n) is 3.04. The Morgan fingerprint density at radius 3 is 2.71 bits per heavy atom. The predicted octanol–water partition coefficient (Wildman–Crippen LogP) is 3.13. The SMILES string of the molecule is CN(C)c1oc(/C=C(/Sc2nc3ccccc3o2)C(=O)[O-])cc1Br. The number of hydrogen-bond donors (Lipinski definition) is 0. The molecule has 3 aromatic rings. The maximum Gasteiger partial charge on any atom is 0.261 e. The van der Waals surface area contributed by atoms with Crippen LogP contribution in [0.4, 0.5) is 5.88 Å². The number of carbonyl (C=O) groups is 1. The van der Waals surface area contributed by atoms with E-state index in [-0.39, 0.29) is 10.1 Å². The molecule has 0 unspecified atom stereocenters. The molecule has 0 radical (unpaired) electrons. The molecule has 3 rings (SSSR count). The summed E-state index contributed by atoms with van der Waals surface area (Å²) in [6.07, 6.45) is 1.38. The summed E-state index contributed by atoms with van der Waals surface area (Å²) < 4.78 is 11.9. The van der Waals surface area contributed by atoms with Crippen molar-refractivity contribution in [1.29, 1.82) is 0 Å². The van der Waals surface area contributed by atoms with E-state index in [0.717, 1.165) is 16.2 Å². The second-order valence-electron chi connectivity index (χ2n) is 5.04. The number of benzene rings is 1. The second-order valence-corrected chi connectivity index (χ2v) is 6.89. The third-order valence-corrected chi connectivity index (χ3v) is 4.46. The van der Waals surface area contributed by atoms with E-state index in [1.165, 1.54) is 6.08 Å². The first kappa shape index (κ1) is 16.7. The number of furan rings is 1. The smallest absolute Gasteiger partial charge is 0.261 e. The van der Waals surface area contributed by atoms with Crippen molar-refractivity contribution in [3.05, 3.63) is 45.5 Å². The molecule has 0 aliphatic rings. The second kappa shape index (κ2) is 6.74. The molecule has 0 bridgehead atoms. The maximum absolute atomic E-state index is 11.4. The Morgan fingerprint density at radius 1 is 1.33 bits per heavy atom. The van der Waals surface area contributed by atoms with Gasteiger partial charge in [-0.05, 0) is 45.9 Å². The lowest BCUT2D eigenvalue weighted by Crippen LogP contribution is -2.22. The molecule has 1 aromatic carbocycles. The Morgan fingerprint density at radius 2 is 2.08 bits per heavy atom. The van der Waals surface area contributed by atoms with Crippen LogP contribution in [0.1, 0.15) is 5.76 Å². The van der Waals surface area contributed by atoms with E-state index in [0.29, 0.717) is 22.7 Å². The van der Waals surface area contributed by atoms with Crippen molar-refractivity contribution in [2.45, 2.75) is 5.22 Å². The van der Waals surface area contributed by atoms with Gasteiger partial charge in [-0.15, -0.1) is 0 Å². The van der Waals surface area contributed by atoms with Crippen LogP contribution in [0.5, 0.6) is 0 Å².